The van der Waals surface area contributed by atoms with Crippen LogP contribution in [0.25, 0.3) is 0 Å². The number of rotatable bonds is 4. The van der Waals surface area contributed by atoms with Gasteiger partial charge in [-0.3, -0.25) is 0 Å². The molecule has 1 N–H and O–H groups in total. The van der Waals surface area contributed by atoms with Crippen LogP contribution in [0, 0.1) is 11.3 Å². The minimum atomic E-state index is -3.24. The van der Waals surface area contributed by atoms with Crippen LogP contribution in [0.1, 0.15) is 11.1 Å². The van der Waals surface area contributed by atoms with Crippen LogP contribution in [0.15, 0.2) is 24.3 Å². The van der Waals surface area contributed by atoms with Crippen molar-refractivity contribution in [2.24, 2.45) is 0 Å². The zero-order valence-electron chi connectivity index (χ0n) is 8.05. The van der Waals surface area contributed by atoms with Gasteiger partial charge in [0.15, 0.2) is 9.84 Å². The molecule has 1 aromatic carbocycles. The molecule has 0 saturated carbocycles. The fourth-order valence-corrected chi connectivity index (χ4v) is 2.26. The fraction of sp³-hybridized carbons (Fsp3) is 0.300. The largest absolute Gasteiger partial charge is 0.395 e. The van der Waals surface area contributed by atoms with Crippen LogP contribution in [0.5, 0.6) is 0 Å². The first-order valence-electron chi connectivity index (χ1n) is 4.38. The third kappa shape index (κ3) is 3.70. The summed E-state index contributed by atoms with van der Waals surface area (Å²) >= 11 is 0. The zero-order chi connectivity index (χ0) is 11.3. The van der Waals surface area contributed by atoms with Crippen molar-refractivity contribution in [2.75, 3.05) is 12.4 Å². The maximum Gasteiger partial charge on any atom is 0.156 e. The van der Waals surface area contributed by atoms with Crippen molar-refractivity contribution in [2.45, 2.75) is 5.75 Å². The Kier molecular flexibility index (Phi) is 3.83. The van der Waals surface area contributed by atoms with E-state index in [1.54, 1.807) is 24.3 Å². The van der Waals surface area contributed by atoms with E-state index in [1.807, 2.05) is 6.07 Å². The summed E-state index contributed by atoms with van der Waals surface area (Å²) in [4.78, 5) is 0. The highest BCUT2D eigenvalue weighted by atomic mass is 32.2. The van der Waals surface area contributed by atoms with Crippen molar-refractivity contribution in [3.63, 3.8) is 0 Å². The van der Waals surface area contributed by atoms with E-state index in [9.17, 15) is 8.42 Å². The van der Waals surface area contributed by atoms with Gasteiger partial charge in [0.2, 0.25) is 0 Å². The molecule has 0 atom stereocenters. The number of aliphatic hydroxyl groups is 1. The zero-order valence-corrected chi connectivity index (χ0v) is 8.87. The van der Waals surface area contributed by atoms with Gasteiger partial charge in [0.25, 0.3) is 0 Å². The quantitative estimate of drug-likeness (QED) is 0.807. The molecule has 5 heteroatoms. The lowest BCUT2D eigenvalue weighted by molar-refractivity contribution is 0.319. The summed E-state index contributed by atoms with van der Waals surface area (Å²) in [6.07, 6.45) is 0. The highest BCUT2D eigenvalue weighted by Gasteiger charge is 2.10. The highest BCUT2D eigenvalue weighted by Crippen LogP contribution is 2.08. The Hall–Kier alpha value is -1.38. The number of nitriles is 1. The number of aliphatic hydroxyl groups excluding tert-OH is 1. The molecule has 0 heterocycles. The van der Waals surface area contributed by atoms with E-state index in [4.69, 9.17) is 10.4 Å². The van der Waals surface area contributed by atoms with Crippen molar-refractivity contribution in [1.82, 2.24) is 0 Å². The maximum absolute atomic E-state index is 11.3. The van der Waals surface area contributed by atoms with E-state index in [-0.39, 0.29) is 18.1 Å². The molecule has 1 aromatic rings. The van der Waals surface area contributed by atoms with Crippen molar-refractivity contribution >= 4 is 9.84 Å². The van der Waals surface area contributed by atoms with Gasteiger partial charge in [-0.1, -0.05) is 12.1 Å². The van der Waals surface area contributed by atoms with E-state index >= 15 is 0 Å². The summed E-state index contributed by atoms with van der Waals surface area (Å²) in [5.41, 5.74) is 1.13. The van der Waals surface area contributed by atoms with Crippen LogP contribution in [-0.2, 0) is 15.6 Å². The molecule has 4 nitrogen and oxygen atoms in total. The smallest absolute Gasteiger partial charge is 0.156 e. The molecule has 0 spiro atoms. The monoisotopic (exact) mass is 225 g/mol. The second-order valence-corrected chi connectivity index (χ2v) is 5.31. The van der Waals surface area contributed by atoms with E-state index in [0.717, 1.165) is 0 Å². The molecule has 15 heavy (non-hydrogen) atoms. The Labute approximate surface area is 88.7 Å². The summed E-state index contributed by atoms with van der Waals surface area (Å²) in [5, 5.41) is 17.1. The predicted molar refractivity (Wildman–Crippen MR) is 55.7 cm³/mol. The van der Waals surface area contributed by atoms with Gasteiger partial charge in [-0.05, 0) is 17.7 Å². The lowest BCUT2D eigenvalue weighted by Gasteiger charge is -2.02. The molecule has 0 bridgehead atoms. The number of benzene rings is 1. The first kappa shape index (κ1) is 11.7. The third-order valence-electron chi connectivity index (χ3n) is 1.87. The van der Waals surface area contributed by atoms with Gasteiger partial charge in [-0.2, -0.15) is 5.26 Å². The summed E-state index contributed by atoms with van der Waals surface area (Å²) in [6, 6.07) is 8.31. The first-order valence-corrected chi connectivity index (χ1v) is 6.20. The Balaban J connectivity index is 2.78. The van der Waals surface area contributed by atoms with Crippen LogP contribution >= 0.6 is 0 Å². The van der Waals surface area contributed by atoms with Gasteiger partial charge in [0.1, 0.15) is 0 Å². The lowest BCUT2D eigenvalue weighted by atomic mass is 10.2. The molecule has 0 aliphatic carbocycles. The molecule has 0 amide bonds. The molecular weight excluding hydrogens is 214 g/mol. The molecule has 0 aliphatic rings. The van der Waals surface area contributed by atoms with Gasteiger partial charge in [-0.15, -0.1) is 0 Å². The van der Waals surface area contributed by atoms with Crippen molar-refractivity contribution in [1.29, 1.82) is 5.26 Å². The minimum absolute atomic E-state index is 0.0979. The molecule has 80 valence electrons. The molecular formula is C10H11NO3S. The average Bonchev–Trinajstić information content (AvgIpc) is 2.18. The minimum Gasteiger partial charge on any atom is -0.395 e. The number of hydrogen-bond donors (Lipinski definition) is 1. The van der Waals surface area contributed by atoms with Crippen LogP contribution in [0.3, 0.4) is 0 Å². The molecule has 1 rings (SSSR count). The van der Waals surface area contributed by atoms with Crippen LogP contribution in [-0.4, -0.2) is 25.9 Å². The summed E-state index contributed by atoms with van der Waals surface area (Å²) in [6.45, 7) is -0.362. The van der Waals surface area contributed by atoms with Crippen molar-refractivity contribution in [3.05, 3.63) is 35.4 Å². The second-order valence-electron chi connectivity index (χ2n) is 3.12. The normalized spacial score (nSPS) is 10.9. The Morgan fingerprint density at radius 2 is 1.87 bits per heavy atom. The van der Waals surface area contributed by atoms with E-state index in [2.05, 4.69) is 0 Å². The highest BCUT2D eigenvalue weighted by molar-refractivity contribution is 7.90. The van der Waals surface area contributed by atoms with E-state index < -0.39 is 9.84 Å². The Morgan fingerprint density at radius 3 is 2.33 bits per heavy atom. The van der Waals surface area contributed by atoms with Gasteiger partial charge >= 0.3 is 0 Å². The van der Waals surface area contributed by atoms with Crippen molar-refractivity contribution in [3.8, 4) is 6.07 Å². The van der Waals surface area contributed by atoms with E-state index in [1.165, 1.54) is 0 Å². The molecule has 0 saturated heterocycles. The SMILES string of the molecule is N#Cc1ccc(CS(=O)(=O)CCO)cc1. The molecule has 0 radical (unpaired) electrons. The Morgan fingerprint density at radius 1 is 1.27 bits per heavy atom. The number of nitrogens with zero attached hydrogens (tertiary/aromatic N) is 1. The van der Waals surface area contributed by atoms with Crippen LogP contribution in [0.4, 0.5) is 0 Å². The van der Waals surface area contributed by atoms with Gasteiger partial charge in [0, 0.05) is 0 Å². The average molecular weight is 225 g/mol. The lowest BCUT2D eigenvalue weighted by Crippen LogP contribution is -2.12. The Bertz CT molecular complexity index is 456. The number of sulfone groups is 1. The third-order valence-corrected chi connectivity index (χ3v) is 3.45. The summed E-state index contributed by atoms with van der Waals surface area (Å²) in [5.74, 6) is -0.327. The molecule has 0 aromatic heterocycles. The number of hydrogen-bond acceptors (Lipinski definition) is 4. The van der Waals surface area contributed by atoms with Gasteiger partial charge in [-0.25, -0.2) is 8.42 Å². The predicted octanol–water partition coefficient (Wildman–Crippen LogP) is 0.465. The maximum atomic E-state index is 11.3. The van der Waals surface area contributed by atoms with E-state index in [0.29, 0.717) is 11.1 Å². The fourth-order valence-electron chi connectivity index (χ4n) is 1.14. The molecule has 0 unspecified atom stereocenters. The second kappa shape index (κ2) is 4.91. The van der Waals surface area contributed by atoms with Crippen LogP contribution < -0.4 is 0 Å². The first-order chi connectivity index (χ1) is 7.07. The summed E-state index contributed by atoms with van der Waals surface area (Å²) < 4.78 is 22.7. The topological polar surface area (TPSA) is 78.2 Å². The standard InChI is InChI=1S/C10H11NO3S/c11-7-9-1-3-10(4-2-9)8-15(13,14)6-5-12/h1-4,12H,5-6,8H2. The van der Waals surface area contributed by atoms with Crippen LogP contribution in [0.2, 0.25) is 0 Å². The van der Waals surface area contributed by atoms with Gasteiger partial charge < -0.3 is 5.11 Å². The van der Waals surface area contributed by atoms with Gasteiger partial charge in [0.05, 0.1) is 29.7 Å². The molecule has 0 aliphatic heterocycles. The van der Waals surface area contributed by atoms with Crippen molar-refractivity contribution < 1.29 is 13.5 Å². The summed E-state index contributed by atoms with van der Waals surface area (Å²) in [7, 11) is -3.24. The molecule has 0 fully saturated rings.